The lowest BCUT2D eigenvalue weighted by Gasteiger charge is -2.43. The summed E-state index contributed by atoms with van der Waals surface area (Å²) in [5.74, 6) is -0.213. The van der Waals surface area contributed by atoms with E-state index in [1.54, 1.807) is 12.1 Å². The second-order valence-corrected chi connectivity index (χ2v) is 8.19. The predicted molar refractivity (Wildman–Crippen MR) is 119 cm³/mol. The molecule has 0 amide bonds. The molecule has 30 heavy (non-hydrogen) atoms. The lowest BCUT2D eigenvalue weighted by molar-refractivity contribution is 0.0970. The van der Waals surface area contributed by atoms with Gasteiger partial charge in [-0.2, -0.15) is 0 Å². The Morgan fingerprint density at radius 2 is 1.33 bits per heavy atom. The number of benzene rings is 3. The maximum absolute atomic E-state index is 13.0. The first-order valence-corrected chi connectivity index (χ1v) is 10.8. The standard InChI is InChI=1S/C27H28FNO/c28-25-15-13-22(14-16-25)26(30)12-7-19-29-20-17-27(18-21-29,23-8-3-1-4-9-23)24-10-5-2-6-11-24/h1-6,8-11,13-16H,7,12,17-21H2. The van der Waals surface area contributed by atoms with E-state index in [1.807, 2.05) is 0 Å². The molecule has 0 unspecified atom stereocenters. The van der Waals surface area contributed by atoms with E-state index in [0.717, 1.165) is 38.9 Å². The van der Waals surface area contributed by atoms with Crippen molar-refractivity contribution < 1.29 is 9.18 Å². The minimum atomic E-state index is -0.305. The topological polar surface area (TPSA) is 20.3 Å². The van der Waals surface area contributed by atoms with Crippen molar-refractivity contribution in [3.8, 4) is 0 Å². The van der Waals surface area contributed by atoms with Gasteiger partial charge in [0, 0.05) is 17.4 Å². The molecule has 1 heterocycles. The van der Waals surface area contributed by atoms with Crippen LogP contribution in [0.4, 0.5) is 4.39 Å². The summed E-state index contributed by atoms with van der Waals surface area (Å²) in [5, 5.41) is 0. The van der Waals surface area contributed by atoms with Gasteiger partial charge in [0.05, 0.1) is 0 Å². The molecule has 0 radical (unpaired) electrons. The Morgan fingerprint density at radius 1 is 0.800 bits per heavy atom. The Bertz CT molecular complexity index is 904. The fourth-order valence-electron chi connectivity index (χ4n) is 4.66. The average molecular weight is 402 g/mol. The summed E-state index contributed by atoms with van der Waals surface area (Å²) < 4.78 is 13.0. The average Bonchev–Trinajstić information content (AvgIpc) is 2.81. The number of hydrogen-bond donors (Lipinski definition) is 0. The van der Waals surface area contributed by atoms with Gasteiger partial charge >= 0.3 is 0 Å². The van der Waals surface area contributed by atoms with Gasteiger partial charge in [-0.3, -0.25) is 4.79 Å². The van der Waals surface area contributed by atoms with Crippen LogP contribution in [0, 0.1) is 5.82 Å². The third-order valence-corrected chi connectivity index (χ3v) is 6.41. The van der Waals surface area contributed by atoms with Crippen LogP contribution in [0.2, 0.25) is 0 Å². The number of hydrogen-bond acceptors (Lipinski definition) is 2. The Kier molecular flexibility index (Phi) is 6.39. The molecule has 1 fully saturated rings. The number of halogens is 1. The third-order valence-electron chi connectivity index (χ3n) is 6.41. The van der Waals surface area contributed by atoms with E-state index in [2.05, 4.69) is 65.6 Å². The molecule has 1 aliphatic heterocycles. The summed E-state index contributed by atoms with van der Waals surface area (Å²) in [4.78, 5) is 14.8. The number of Topliss-reactive ketones (excluding diaryl/α,β-unsaturated/α-hetero) is 1. The second-order valence-electron chi connectivity index (χ2n) is 8.19. The second kappa shape index (κ2) is 9.36. The summed E-state index contributed by atoms with van der Waals surface area (Å²) in [6.45, 7) is 2.97. The lowest BCUT2D eigenvalue weighted by Crippen LogP contribution is -2.43. The molecule has 2 nitrogen and oxygen atoms in total. The highest BCUT2D eigenvalue weighted by molar-refractivity contribution is 5.95. The van der Waals surface area contributed by atoms with E-state index < -0.39 is 0 Å². The molecule has 0 spiro atoms. The Morgan fingerprint density at radius 3 is 1.87 bits per heavy atom. The molecule has 1 aliphatic rings. The van der Waals surface area contributed by atoms with Crippen LogP contribution in [0.15, 0.2) is 84.9 Å². The summed E-state index contributed by atoms with van der Waals surface area (Å²) in [6.07, 6.45) is 3.49. The molecule has 0 atom stereocenters. The molecule has 3 aromatic rings. The molecule has 3 aromatic carbocycles. The van der Waals surface area contributed by atoms with Crippen LogP contribution in [0.5, 0.6) is 0 Å². The van der Waals surface area contributed by atoms with E-state index in [4.69, 9.17) is 0 Å². The van der Waals surface area contributed by atoms with E-state index in [9.17, 15) is 9.18 Å². The van der Waals surface area contributed by atoms with Crippen molar-refractivity contribution in [2.75, 3.05) is 19.6 Å². The number of carbonyl (C=O) groups excluding carboxylic acids is 1. The van der Waals surface area contributed by atoms with Gasteiger partial charge in [0.2, 0.25) is 0 Å². The highest BCUT2D eigenvalue weighted by Crippen LogP contribution is 2.41. The molecule has 0 N–H and O–H groups in total. The first-order valence-electron chi connectivity index (χ1n) is 10.8. The quantitative estimate of drug-likeness (QED) is 0.462. The van der Waals surface area contributed by atoms with Gasteiger partial charge in [-0.1, -0.05) is 60.7 Å². The van der Waals surface area contributed by atoms with E-state index in [0.29, 0.717) is 12.0 Å². The predicted octanol–water partition coefficient (Wildman–Crippen LogP) is 5.87. The van der Waals surface area contributed by atoms with E-state index >= 15 is 0 Å². The molecule has 0 aromatic heterocycles. The number of carbonyl (C=O) groups is 1. The van der Waals surface area contributed by atoms with Gasteiger partial charge in [-0.25, -0.2) is 4.39 Å². The van der Waals surface area contributed by atoms with Crippen molar-refractivity contribution in [2.45, 2.75) is 31.1 Å². The van der Waals surface area contributed by atoms with Gasteiger partial charge in [0.15, 0.2) is 5.78 Å². The molecule has 154 valence electrons. The van der Waals surface area contributed by atoms with Crippen molar-refractivity contribution in [1.29, 1.82) is 0 Å². The zero-order valence-corrected chi connectivity index (χ0v) is 17.3. The maximum Gasteiger partial charge on any atom is 0.162 e. The van der Waals surface area contributed by atoms with Gasteiger partial charge in [0.1, 0.15) is 5.82 Å². The molecule has 4 rings (SSSR count). The summed E-state index contributed by atoms with van der Waals surface area (Å²) in [5.41, 5.74) is 3.44. The molecule has 0 saturated carbocycles. The maximum atomic E-state index is 13.0. The van der Waals surface area contributed by atoms with Crippen molar-refractivity contribution >= 4 is 5.78 Å². The van der Waals surface area contributed by atoms with Crippen LogP contribution in [0.25, 0.3) is 0 Å². The summed E-state index contributed by atoms with van der Waals surface area (Å²) in [7, 11) is 0. The van der Waals surface area contributed by atoms with Crippen molar-refractivity contribution in [1.82, 2.24) is 4.90 Å². The van der Waals surface area contributed by atoms with Crippen LogP contribution < -0.4 is 0 Å². The number of rotatable bonds is 7. The molecule has 3 heteroatoms. The fraction of sp³-hybridized carbons (Fsp3) is 0.296. The number of nitrogens with zero attached hydrogens (tertiary/aromatic N) is 1. The molecular formula is C27H28FNO. The van der Waals surface area contributed by atoms with E-state index in [1.165, 1.54) is 23.3 Å². The van der Waals surface area contributed by atoms with Gasteiger partial charge in [-0.15, -0.1) is 0 Å². The van der Waals surface area contributed by atoms with Crippen molar-refractivity contribution in [2.24, 2.45) is 0 Å². The largest absolute Gasteiger partial charge is 0.303 e. The zero-order chi connectivity index (χ0) is 20.8. The number of piperidine rings is 1. The molecule has 1 saturated heterocycles. The number of likely N-dealkylation sites (tertiary alicyclic amines) is 1. The third kappa shape index (κ3) is 4.52. The Labute approximate surface area is 178 Å². The fourth-order valence-corrected chi connectivity index (χ4v) is 4.66. The highest BCUT2D eigenvalue weighted by atomic mass is 19.1. The normalized spacial score (nSPS) is 16.3. The minimum Gasteiger partial charge on any atom is -0.303 e. The lowest BCUT2D eigenvalue weighted by atomic mass is 9.68. The van der Waals surface area contributed by atoms with Crippen LogP contribution >= 0.6 is 0 Å². The molecular weight excluding hydrogens is 373 g/mol. The smallest absolute Gasteiger partial charge is 0.162 e. The Balaban J connectivity index is 1.37. The van der Waals surface area contributed by atoms with Crippen molar-refractivity contribution in [3.63, 3.8) is 0 Å². The van der Waals surface area contributed by atoms with Crippen molar-refractivity contribution in [3.05, 3.63) is 107 Å². The monoisotopic (exact) mass is 401 g/mol. The van der Waals surface area contributed by atoms with Crippen LogP contribution in [0.3, 0.4) is 0 Å². The van der Waals surface area contributed by atoms with Gasteiger partial charge < -0.3 is 4.90 Å². The van der Waals surface area contributed by atoms with Crippen LogP contribution in [-0.2, 0) is 5.41 Å². The van der Waals surface area contributed by atoms with Crippen LogP contribution in [-0.4, -0.2) is 30.3 Å². The van der Waals surface area contributed by atoms with Gasteiger partial charge in [0.25, 0.3) is 0 Å². The number of ketones is 1. The summed E-state index contributed by atoms with van der Waals surface area (Å²) >= 11 is 0. The Hall–Kier alpha value is -2.78. The van der Waals surface area contributed by atoms with E-state index in [-0.39, 0.29) is 17.0 Å². The molecule has 0 bridgehead atoms. The first kappa shape index (κ1) is 20.5. The highest BCUT2D eigenvalue weighted by Gasteiger charge is 2.37. The minimum absolute atomic E-state index is 0.0585. The zero-order valence-electron chi connectivity index (χ0n) is 17.3. The molecule has 0 aliphatic carbocycles. The SMILES string of the molecule is O=C(CCCN1CCC(c2ccccc2)(c2ccccc2)CC1)c1ccc(F)cc1. The van der Waals surface area contributed by atoms with Gasteiger partial charge in [-0.05, 0) is 74.3 Å². The van der Waals surface area contributed by atoms with Crippen LogP contribution in [0.1, 0.15) is 47.2 Å². The first-order chi connectivity index (χ1) is 14.7. The summed E-state index contributed by atoms with van der Waals surface area (Å²) in [6, 6.07) is 27.6.